The summed E-state index contributed by atoms with van der Waals surface area (Å²) >= 11 is 0. The maximum atomic E-state index is 12.2. The van der Waals surface area contributed by atoms with Gasteiger partial charge in [-0.3, -0.25) is 9.59 Å². The standard InChI is InChI=1S/C14H21N3O2/c1-5-16-12-7-6-9(2)8-11(12)14(19)17-10(3)13(18)15-4/h6-8,10,16H,5H2,1-4H3,(H,15,18)(H,17,19). The molecule has 5 nitrogen and oxygen atoms in total. The molecule has 104 valence electrons. The van der Waals surface area contributed by atoms with Gasteiger partial charge in [0.05, 0.1) is 5.56 Å². The van der Waals surface area contributed by atoms with Gasteiger partial charge < -0.3 is 16.0 Å². The Hall–Kier alpha value is -2.04. The zero-order chi connectivity index (χ0) is 14.4. The Kier molecular flexibility index (Phi) is 5.36. The smallest absolute Gasteiger partial charge is 0.254 e. The second-order valence-electron chi connectivity index (χ2n) is 4.39. The molecule has 0 fully saturated rings. The molecule has 0 saturated heterocycles. The minimum atomic E-state index is -0.563. The molecule has 0 radical (unpaired) electrons. The van der Waals surface area contributed by atoms with Gasteiger partial charge in [0.1, 0.15) is 6.04 Å². The van der Waals surface area contributed by atoms with E-state index in [2.05, 4.69) is 16.0 Å². The average Bonchev–Trinajstić information content (AvgIpc) is 2.39. The molecule has 1 unspecified atom stereocenters. The van der Waals surface area contributed by atoms with Crippen LogP contribution in [-0.2, 0) is 4.79 Å². The van der Waals surface area contributed by atoms with Crippen LogP contribution >= 0.6 is 0 Å². The molecule has 19 heavy (non-hydrogen) atoms. The summed E-state index contributed by atoms with van der Waals surface area (Å²) in [4.78, 5) is 23.6. The highest BCUT2D eigenvalue weighted by Crippen LogP contribution is 2.17. The first-order valence-electron chi connectivity index (χ1n) is 6.36. The Morgan fingerprint density at radius 2 is 2.00 bits per heavy atom. The van der Waals surface area contributed by atoms with Gasteiger partial charge in [-0.25, -0.2) is 0 Å². The molecule has 0 aliphatic carbocycles. The van der Waals surface area contributed by atoms with E-state index >= 15 is 0 Å². The van der Waals surface area contributed by atoms with Gasteiger partial charge in [-0.05, 0) is 32.9 Å². The second kappa shape index (κ2) is 6.78. The van der Waals surface area contributed by atoms with Crippen LogP contribution in [0.5, 0.6) is 0 Å². The Balaban J connectivity index is 2.92. The molecule has 1 rings (SSSR count). The molecule has 2 amide bonds. The molecule has 1 aromatic rings. The number of likely N-dealkylation sites (N-methyl/N-ethyl adjacent to an activating group) is 1. The van der Waals surface area contributed by atoms with Gasteiger partial charge >= 0.3 is 0 Å². The van der Waals surface area contributed by atoms with Gasteiger partial charge in [0, 0.05) is 19.3 Å². The van der Waals surface area contributed by atoms with Crippen molar-refractivity contribution in [3.05, 3.63) is 29.3 Å². The van der Waals surface area contributed by atoms with Gasteiger partial charge in [-0.1, -0.05) is 11.6 Å². The van der Waals surface area contributed by atoms with Crippen molar-refractivity contribution in [2.75, 3.05) is 18.9 Å². The van der Waals surface area contributed by atoms with E-state index in [4.69, 9.17) is 0 Å². The lowest BCUT2D eigenvalue weighted by Gasteiger charge is -2.15. The zero-order valence-electron chi connectivity index (χ0n) is 11.8. The van der Waals surface area contributed by atoms with E-state index in [9.17, 15) is 9.59 Å². The van der Waals surface area contributed by atoms with Crippen LogP contribution in [0.25, 0.3) is 0 Å². The molecule has 0 heterocycles. The third-order valence-electron chi connectivity index (χ3n) is 2.77. The molecular formula is C14H21N3O2. The SMILES string of the molecule is CCNc1ccc(C)cc1C(=O)NC(C)C(=O)NC. The fourth-order valence-corrected chi connectivity index (χ4v) is 1.75. The van der Waals surface area contributed by atoms with Crippen molar-refractivity contribution < 1.29 is 9.59 Å². The molecular weight excluding hydrogens is 242 g/mol. The zero-order valence-corrected chi connectivity index (χ0v) is 11.8. The highest BCUT2D eigenvalue weighted by Gasteiger charge is 2.17. The second-order valence-corrected chi connectivity index (χ2v) is 4.39. The fraction of sp³-hybridized carbons (Fsp3) is 0.429. The van der Waals surface area contributed by atoms with E-state index in [1.54, 1.807) is 14.0 Å². The van der Waals surface area contributed by atoms with Crippen LogP contribution < -0.4 is 16.0 Å². The quantitative estimate of drug-likeness (QED) is 0.749. The third kappa shape index (κ3) is 3.98. The van der Waals surface area contributed by atoms with E-state index in [0.717, 1.165) is 17.8 Å². The van der Waals surface area contributed by atoms with Crippen LogP contribution in [0.3, 0.4) is 0 Å². The van der Waals surface area contributed by atoms with E-state index in [1.807, 2.05) is 32.0 Å². The number of aryl methyl sites for hydroxylation is 1. The topological polar surface area (TPSA) is 70.2 Å². The monoisotopic (exact) mass is 263 g/mol. The van der Waals surface area contributed by atoms with Crippen molar-refractivity contribution in [1.82, 2.24) is 10.6 Å². The van der Waals surface area contributed by atoms with Crippen molar-refractivity contribution in [3.63, 3.8) is 0 Å². The van der Waals surface area contributed by atoms with Crippen LogP contribution in [0, 0.1) is 6.92 Å². The number of benzene rings is 1. The number of hydrogen-bond donors (Lipinski definition) is 3. The van der Waals surface area contributed by atoms with Gasteiger partial charge in [0.2, 0.25) is 5.91 Å². The maximum absolute atomic E-state index is 12.2. The molecule has 0 spiro atoms. The molecule has 3 N–H and O–H groups in total. The number of nitrogens with one attached hydrogen (secondary N) is 3. The lowest BCUT2D eigenvalue weighted by molar-refractivity contribution is -0.122. The first kappa shape index (κ1) is 15.0. The summed E-state index contributed by atoms with van der Waals surface area (Å²) in [6.07, 6.45) is 0. The van der Waals surface area contributed by atoms with E-state index in [0.29, 0.717) is 5.56 Å². The van der Waals surface area contributed by atoms with Crippen molar-refractivity contribution in [1.29, 1.82) is 0 Å². The van der Waals surface area contributed by atoms with Crippen molar-refractivity contribution >= 4 is 17.5 Å². The van der Waals surface area contributed by atoms with Crippen LogP contribution in [0.1, 0.15) is 29.8 Å². The van der Waals surface area contributed by atoms with Crippen molar-refractivity contribution in [3.8, 4) is 0 Å². The van der Waals surface area contributed by atoms with Crippen molar-refractivity contribution in [2.45, 2.75) is 26.8 Å². The van der Waals surface area contributed by atoms with Gasteiger partial charge in [-0.2, -0.15) is 0 Å². The largest absolute Gasteiger partial charge is 0.385 e. The first-order chi connectivity index (χ1) is 8.99. The van der Waals surface area contributed by atoms with Crippen LogP contribution in [0.15, 0.2) is 18.2 Å². The molecule has 0 aromatic heterocycles. The summed E-state index contributed by atoms with van der Waals surface area (Å²) in [5, 5.41) is 8.32. The lowest BCUT2D eigenvalue weighted by Crippen LogP contribution is -2.43. The predicted octanol–water partition coefficient (Wildman–Crippen LogP) is 1.29. The molecule has 0 bridgehead atoms. The molecule has 1 atom stereocenters. The predicted molar refractivity (Wildman–Crippen MR) is 76.3 cm³/mol. The third-order valence-corrected chi connectivity index (χ3v) is 2.77. The van der Waals surface area contributed by atoms with E-state index in [-0.39, 0.29) is 11.8 Å². The van der Waals surface area contributed by atoms with Gasteiger partial charge in [-0.15, -0.1) is 0 Å². The molecule has 5 heteroatoms. The van der Waals surface area contributed by atoms with Crippen LogP contribution in [0.4, 0.5) is 5.69 Å². The minimum Gasteiger partial charge on any atom is -0.385 e. The summed E-state index contributed by atoms with van der Waals surface area (Å²) in [6.45, 7) is 6.27. The Morgan fingerprint density at radius 1 is 1.32 bits per heavy atom. The summed E-state index contributed by atoms with van der Waals surface area (Å²) in [7, 11) is 1.54. The normalized spacial score (nSPS) is 11.6. The molecule has 0 saturated carbocycles. The highest BCUT2D eigenvalue weighted by atomic mass is 16.2. The Morgan fingerprint density at radius 3 is 2.58 bits per heavy atom. The number of anilines is 1. The summed E-state index contributed by atoms with van der Waals surface area (Å²) < 4.78 is 0. The van der Waals surface area contributed by atoms with E-state index < -0.39 is 6.04 Å². The molecule has 0 aliphatic heterocycles. The maximum Gasteiger partial charge on any atom is 0.254 e. The number of carbonyl (C=O) groups excluding carboxylic acids is 2. The Bertz CT molecular complexity index is 472. The fourth-order valence-electron chi connectivity index (χ4n) is 1.75. The first-order valence-corrected chi connectivity index (χ1v) is 6.36. The minimum absolute atomic E-state index is 0.217. The van der Waals surface area contributed by atoms with Gasteiger partial charge in [0.15, 0.2) is 0 Å². The molecule has 0 aliphatic rings. The number of carbonyl (C=O) groups is 2. The summed E-state index contributed by atoms with van der Waals surface area (Å²) in [5.74, 6) is -0.471. The number of amides is 2. The summed E-state index contributed by atoms with van der Waals surface area (Å²) in [6, 6.07) is 5.06. The molecule has 1 aromatic carbocycles. The van der Waals surface area contributed by atoms with Crippen LogP contribution in [0.2, 0.25) is 0 Å². The highest BCUT2D eigenvalue weighted by molar-refractivity contribution is 6.01. The lowest BCUT2D eigenvalue weighted by atomic mass is 10.1. The Labute approximate surface area is 113 Å². The van der Waals surface area contributed by atoms with E-state index in [1.165, 1.54) is 0 Å². The number of rotatable bonds is 5. The summed E-state index contributed by atoms with van der Waals surface area (Å²) in [5.41, 5.74) is 2.33. The number of hydrogen-bond acceptors (Lipinski definition) is 3. The average molecular weight is 263 g/mol. The van der Waals surface area contributed by atoms with Crippen molar-refractivity contribution in [2.24, 2.45) is 0 Å². The van der Waals surface area contributed by atoms with Gasteiger partial charge in [0.25, 0.3) is 5.91 Å². The van der Waals surface area contributed by atoms with Crippen LogP contribution in [-0.4, -0.2) is 31.4 Å².